The Morgan fingerprint density at radius 3 is 2.17 bits per heavy atom. The molecule has 5 heteroatoms. The van der Waals surface area contributed by atoms with Gasteiger partial charge in [0.15, 0.2) is 0 Å². The lowest BCUT2D eigenvalue weighted by Gasteiger charge is -2.24. The largest absolute Gasteiger partial charge is 0.478 e. The van der Waals surface area contributed by atoms with Crippen LogP contribution in [0.5, 0.6) is 5.88 Å². The molecule has 162 valence electrons. The number of ether oxygens (including phenoxy) is 1. The minimum absolute atomic E-state index is 0.524. The van der Waals surface area contributed by atoms with Crippen molar-refractivity contribution in [2.24, 2.45) is 0 Å². The van der Waals surface area contributed by atoms with Crippen LogP contribution in [-0.4, -0.2) is 30.9 Å². The van der Waals surface area contributed by atoms with Crippen LogP contribution >= 0.6 is 0 Å². The lowest BCUT2D eigenvalue weighted by atomic mass is 10.2. The summed E-state index contributed by atoms with van der Waals surface area (Å²) in [6.45, 7) is 15.2. The van der Waals surface area contributed by atoms with Crippen LogP contribution in [0.25, 0.3) is 0 Å². The molecule has 2 aromatic rings. The van der Waals surface area contributed by atoms with E-state index in [1.807, 2.05) is 57.2 Å². The average molecular weight is 401 g/mol. The van der Waals surface area contributed by atoms with Gasteiger partial charge in [0.05, 0.1) is 6.61 Å². The molecule has 0 bridgehead atoms. The number of anilines is 2. The van der Waals surface area contributed by atoms with Gasteiger partial charge in [0.1, 0.15) is 5.82 Å². The number of aryl methyl sites for hydroxylation is 1. The van der Waals surface area contributed by atoms with Gasteiger partial charge in [-0.15, -0.1) is 0 Å². The SMILES string of the molecule is CC.CCCOc1cc(N(CCC)CCC)cc(N)n1.Cc1cccc(C=N)c1. The Hall–Kier alpha value is -2.56. The number of hydrogen-bond acceptors (Lipinski definition) is 5. The van der Waals surface area contributed by atoms with E-state index in [9.17, 15) is 0 Å². The molecule has 0 amide bonds. The zero-order valence-electron chi connectivity index (χ0n) is 19.2. The van der Waals surface area contributed by atoms with Gasteiger partial charge < -0.3 is 20.8 Å². The van der Waals surface area contributed by atoms with Crippen LogP contribution in [0.15, 0.2) is 36.4 Å². The quantitative estimate of drug-likeness (QED) is 0.499. The van der Waals surface area contributed by atoms with Crippen molar-refractivity contribution in [3.8, 4) is 5.88 Å². The molecule has 3 N–H and O–H groups in total. The van der Waals surface area contributed by atoms with Gasteiger partial charge in [-0.1, -0.05) is 64.4 Å². The molecule has 0 saturated heterocycles. The monoisotopic (exact) mass is 400 g/mol. The van der Waals surface area contributed by atoms with Crippen molar-refractivity contribution in [1.29, 1.82) is 5.41 Å². The number of rotatable bonds is 9. The average Bonchev–Trinajstić information content (AvgIpc) is 2.73. The van der Waals surface area contributed by atoms with Crippen molar-refractivity contribution >= 4 is 17.7 Å². The molecule has 5 nitrogen and oxygen atoms in total. The maximum Gasteiger partial charge on any atom is 0.217 e. The first kappa shape index (κ1) is 26.4. The maximum atomic E-state index is 6.92. The second kappa shape index (κ2) is 16.4. The summed E-state index contributed by atoms with van der Waals surface area (Å²) in [5.41, 5.74) is 9.12. The number of nitrogens with zero attached hydrogens (tertiary/aromatic N) is 2. The number of benzene rings is 1. The Balaban J connectivity index is 0.000000595. The first-order chi connectivity index (χ1) is 14.0. The van der Waals surface area contributed by atoms with Crippen LogP contribution in [0.1, 0.15) is 65.0 Å². The summed E-state index contributed by atoms with van der Waals surface area (Å²) in [7, 11) is 0. The van der Waals surface area contributed by atoms with Gasteiger partial charge in [0, 0.05) is 37.1 Å². The van der Waals surface area contributed by atoms with Crippen molar-refractivity contribution in [1.82, 2.24) is 4.98 Å². The highest BCUT2D eigenvalue weighted by Crippen LogP contribution is 2.23. The number of nitrogens with two attached hydrogens (primary N) is 1. The van der Waals surface area contributed by atoms with E-state index in [0.29, 0.717) is 18.3 Å². The van der Waals surface area contributed by atoms with Gasteiger partial charge in [0.2, 0.25) is 5.88 Å². The van der Waals surface area contributed by atoms with E-state index in [2.05, 4.69) is 30.7 Å². The van der Waals surface area contributed by atoms with Gasteiger partial charge in [-0.3, -0.25) is 0 Å². The summed E-state index contributed by atoms with van der Waals surface area (Å²) in [4.78, 5) is 6.53. The first-order valence-corrected chi connectivity index (χ1v) is 10.8. The van der Waals surface area contributed by atoms with Crippen LogP contribution in [0.2, 0.25) is 0 Å². The molecule has 0 fully saturated rings. The molecule has 1 aromatic heterocycles. The van der Waals surface area contributed by atoms with Crippen LogP contribution in [0.3, 0.4) is 0 Å². The molecule has 0 radical (unpaired) electrons. The minimum Gasteiger partial charge on any atom is -0.478 e. The molecule has 29 heavy (non-hydrogen) atoms. The van der Waals surface area contributed by atoms with E-state index in [1.54, 1.807) is 0 Å². The lowest BCUT2D eigenvalue weighted by molar-refractivity contribution is 0.306. The highest BCUT2D eigenvalue weighted by molar-refractivity contribution is 5.76. The number of nitrogen functional groups attached to an aromatic ring is 1. The molecule has 0 aliphatic carbocycles. The predicted molar refractivity (Wildman–Crippen MR) is 128 cm³/mol. The Kier molecular flexibility index (Phi) is 15.0. The molecule has 2 rings (SSSR count). The van der Waals surface area contributed by atoms with Crippen molar-refractivity contribution in [3.63, 3.8) is 0 Å². The maximum absolute atomic E-state index is 6.92. The fraction of sp³-hybridized carbons (Fsp3) is 0.500. The smallest absolute Gasteiger partial charge is 0.217 e. The third-order valence-electron chi connectivity index (χ3n) is 3.82. The number of pyridine rings is 1. The predicted octanol–water partition coefficient (Wildman–Crippen LogP) is 6.10. The van der Waals surface area contributed by atoms with Gasteiger partial charge in [-0.2, -0.15) is 4.98 Å². The summed E-state index contributed by atoms with van der Waals surface area (Å²) in [6.07, 6.45) is 4.56. The van der Waals surface area contributed by atoms with E-state index < -0.39 is 0 Å². The third kappa shape index (κ3) is 11.1. The van der Waals surface area contributed by atoms with Crippen molar-refractivity contribution in [2.45, 2.75) is 60.8 Å². The summed E-state index contributed by atoms with van der Waals surface area (Å²) in [5, 5.41) is 6.92. The van der Waals surface area contributed by atoms with Gasteiger partial charge >= 0.3 is 0 Å². The van der Waals surface area contributed by atoms with Gasteiger partial charge in [-0.05, 0) is 31.7 Å². The van der Waals surface area contributed by atoms with Crippen molar-refractivity contribution in [3.05, 3.63) is 47.5 Å². The summed E-state index contributed by atoms with van der Waals surface area (Å²) in [6, 6.07) is 11.8. The van der Waals surface area contributed by atoms with Crippen LogP contribution in [-0.2, 0) is 0 Å². The molecule has 0 aliphatic rings. The van der Waals surface area contributed by atoms with Gasteiger partial charge in [-0.25, -0.2) is 0 Å². The minimum atomic E-state index is 0.524. The summed E-state index contributed by atoms with van der Waals surface area (Å²) >= 11 is 0. The van der Waals surface area contributed by atoms with E-state index in [4.69, 9.17) is 15.9 Å². The van der Waals surface area contributed by atoms with Crippen LogP contribution in [0, 0.1) is 12.3 Å². The zero-order chi connectivity index (χ0) is 22.1. The molecular weight excluding hydrogens is 360 g/mol. The third-order valence-corrected chi connectivity index (χ3v) is 3.82. The molecular formula is C24H40N4O. The Bertz CT molecular complexity index is 682. The Morgan fingerprint density at radius 1 is 1.03 bits per heavy atom. The normalized spacial score (nSPS) is 9.45. The molecule has 0 saturated carbocycles. The standard InChI is InChI=1S/C14H25N3O.C8H9N.C2H6/c1-4-7-17(8-5-2)12-10-13(15)16-14(11-12)18-9-6-3;1-7-3-2-4-8(5-7)6-9;1-2/h10-11H,4-9H2,1-3H3,(H2,15,16);2-6,9H,1H3;1-2H3. The molecule has 1 heterocycles. The Labute approximate surface area is 177 Å². The van der Waals surface area contributed by atoms with E-state index in [0.717, 1.165) is 43.6 Å². The molecule has 0 atom stereocenters. The van der Waals surface area contributed by atoms with E-state index >= 15 is 0 Å². The topological polar surface area (TPSA) is 75.2 Å². The highest BCUT2D eigenvalue weighted by atomic mass is 16.5. The highest BCUT2D eigenvalue weighted by Gasteiger charge is 2.08. The van der Waals surface area contributed by atoms with Crippen molar-refractivity contribution < 1.29 is 4.74 Å². The van der Waals surface area contributed by atoms with Crippen molar-refractivity contribution in [2.75, 3.05) is 30.3 Å². The second-order valence-electron chi connectivity index (χ2n) is 6.48. The first-order valence-electron chi connectivity index (χ1n) is 10.8. The molecule has 0 spiro atoms. The molecule has 0 aliphatic heterocycles. The fourth-order valence-corrected chi connectivity index (χ4v) is 2.64. The number of hydrogen-bond donors (Lipinski definition) is 2. The van der Waals surface area contributed by atoms with E-state index in [1.165, 1.54) is 11.8 Å². The molecule has 1 aromatic carbocycles. The summed E-state index contributed by atoms with van der Waals surface area (Å²) in [5.74, 6) is 1.15. The number of nitrogens with one attached hydrogen (secondary N) is 1. The lowest BCUT2D eigenvalue weighted by Crippen LogP contribution is -2.25. The van der Waals surface area contributed by atoms with Gasteiger partial charge in [0.25, 0.3) is 0 Å². The van der Waals surface area contributed by atoms with E-state index in [-0.39, 0.29) is 0 Å². The van der Waals surface area contributed by atoms with Crippen LogP contribution < -0.4 is 15.4 Å². The number of aromatic nitrogens is 1. The molecule has 0 unspecified atom stereocenters. The Morgan fingerprint density at radius 2 is 1.69 bits per heavy atom. The second-order valence-corrected chi connectivity index (χ2v) is 6.48. The van der Waals surface area contributed by atoms with Crippen LogP contribution in [0.4, 0.5) is 11.5 Å². The zero-order valence-corrected chi connectivity index (χ0v) is 19.2. The fourth-order valence-electron chi connectivity index (χ4n) is 2.64. The summed E-state index contributed by atoms with van der Waals surface area (Å²) < 4.78 is 5.57.